The molecule has 1 atom stereocenters. The molecule has 0 saturated heterocycles. The van der Waals surface area contributed by atoms with Gasteiger partial charge in [0.25, 0.3) is 0 Å². The number of hydrogen-bond donors (Lipinski definition) is 0. The van der Waals surface area contributed by atoms with Crippen molar-refractivity contribution in [1.29, 1.82) is 0 Å². The van der Waals surface area contributed by atoms with E-state index in [4.69, 9.17) is 4.74 Å². The standard InChI is InChI=1S/C24H30O2/c1-14-9-10-16(11-15(14)2)21-18-12-17(23(3,4)5)13-19(24(6,7)8)20(18)22(25)26-21/h9-13,21H,1-8H3. The summed E-state index contributed by atoms with van der Waals surface area (Å²) >= 11 is 0. The van der Waals surface area contributed by atoms with E-state index in [-0.39, 0.29) is 22.9 Å². The molecule has 138 valence electrons. The Morgan fingerprint density at radius 3 is 2.04 bits per heavy atom. The largest absolute Gasteiger partial charge is 0.449 e. The van der Waals surface area contributed by atoms with Crippen LogP contribution in [0, 0.1) is 13.8 Å². The highest BCUT2D eigenvalue weighted by Crippen LogP contribution is 2.43. The molecule has 2 nitrogen and oxygen atoms in total. The fourth-order valence-electron chi connectivity index (χ4n) is 3.53. The Kier molecular flexibility index (Phi) is 4.29. The third kappa shape index (κ3) is 3.18. The topological polar surface area (TPSA) is 26.3 Å². The lowest BCUT2D eigenvalue weighted by Crippen LogP contribution is -2.20. The molecule has 2 aromatic rings. The molecule has 3 rings (SSSR count). The SMILES string of the molecule is Cc1ccc(C2OC(=O)c3c2cc(C(C)(C)C)cc3C(C)(C)C)cc1C. The zero-order valence-electron chi connectivity index (χ0n) is 17.3. The average molecular weight is 351 g/mol. The van der Waals surface area contributed by atoms with E-state index in [1.165, 1.54) is 16.7 Å². The number of rotatable bonds is 1. The highest BCUT2D eigenvalue weighted by atomic mass is 16.5. The van der Waals surface area contributed by atoms with Crippen molar-refractivity contribution in [2.75, 3.05) is 0 Å². The number of cyclic esters (lactones) is 1. The maximum atomic E-state index is 12.8. The summed E-state index contributed by atoms with van der Waals surface area (Å²) in [5.74, 6) is -0.200. The first-order chi connectivity index (χ1) is 11.9. The number of ether oxygens (including phenoxy) is 1. The normalized spacial score (nSPS) is 17.2. The van der Waals surface area contributed by atoms with Crippen LogP contribution in [0.15, 0.2) is 30.3 Å². The van der Waals surface area contributed by atoms with E-state index in [1.54, 1.807) is 0 Å². The summed E-state index contributed by atoms with van der Waals surface area (Å²) in [5, 5.41) is 0. The van der Waals surface area contributed by atoms with Crippen LogP contribution in [0.25, 0.3) is 0 Å². The third-order valence-corrected chi connectivity index (χ3v) is 5.39. The molecule has 0 fully saturated rings. The molecular weight excluding hydrogens is 320 g/mol. The van der Waals surface area contributed by atoms with Crippen molar-refractivity contribution in [2.45, 2.75) is 72.3 Å². The molecule has 1 heterocycles. The van der Waals surface area contributed by atoms with Crippen LogP contribution in [0.4, 0.5) is 0 Å². The van der Waals surface area contributed by atoms with E-state index in [0.717, 1.165) is 22.3 Å². The van der Waals surface area contributed by atoms with Crippen LogP contribution >= 0.6 is 0 Å². The molecule has 0 bridgehead atoms. The Labute approximate surface area is 157 Å². The summed E-state index contributed by atoms with van der Waals surface area (Å²) in [7, 11) is 0. The molecular formula is C24H30O2. The molecule has 0 amide bonds. The minimum absolute atomic E-state index is 0.00834. The van der Waals surface area contributed by atoms with Crippen LogP contribution in [0.2, 0.25) is 0 Å². The van der Waals surface area contributed by atoms with Crippen LogP contribution < -0.4 is 0 Å². The zero-order chi connectivity index (χ0) is 19.4. The summed E-state index contributed by atoms with van der Waals surface area (Å²) in [4.78, 5) is 12.8. The van der Waals surface area contributed by atoms with Gasteiger partial charge in [-0.3, -0.25) is 0 Å². The van der Waals surface area contributed by atoms with E-state index >= 15 is 0 Å². The smallest absolute Gasteiger partial charge is 0.339 e. The molecule has 0 radical (unpaired) electrons. The number of fused-ring (bicyclic) bond motifs is 1. The molecule has 1 aliphatic rings. The van der Waals surface area contributed by atoms with Crippen molar-refractivity contribution in [2.24, 2.45) is 0 Å². The van der Waals surface area contributed by atoms with Gasteiger partial charge in [0.1, 0.15) is 0 Å². The molecule has 1 unspecified atom stereocenters. The monoisotopic (exact) mass is 350 g/mol. The van der Waals surface area contributed by atoms with Crippen molar-refractivity contribution < 1.29 is 9.53 Å². The molecule has 0 saturated carbocycles. The van der Waals surface area contributed by atoms with Crippen LogP contribution in [0.1, 0.15) is 91.4 Å². The average Bonchev–Trinajstić information content (AvgIpc) is 2.84. The number of benzene rings is 2. The second-order valence-corrected chi connectivity index (χ2v) is 9.62. The number of esters is 1. The van der Waals surface area contributed by atoms with Gasteiger partial charge in [-0.1, -0.05) is 71.9 Å². The molecule has 0 aliphatic carbocycles. The summed E-state index contributed by atoms with van der Waals surface area (Å²) < 4.78 is 5.88. The van der Waals surface area contributed by atoms with Crippen LogP contribution in [0.5, 0.6) is 0 Å². The van der Waals surface area contributed by atoms with Crippen molar-refractivity contribution >= 4 is 5.97 Å². The molecule has 0 spiro atoms. The maximum Gasteiger partial charge on any atom is 0.339 e. The van der Waals surface area contributed by atoms with Gasteiger partial charge in [-0.2, -0.15) is 0 Å². The Hall–Kier alpha value is -2.09. The number of carbonyl (C=O) groups excluding carboxylic acids is 1. The Bertz CT molecular complexity index is 876. The molecule has 0 N–H and O–H groups in total. The minimum Gasteiger partial charge on any atom is -0.449 e. The maximum absolute atomic E-state index is 12.8. The number of hydrogen-bond acceptors (Lipinski definition) is 2. The second-order valence-electron chi connectivity index (χ2n) is 9.62. The summed E-state index contributed by atoms with van der Waals surface area (Å²) in [6.45, 7) is 17.3. The zero-order valence-corrected chi connectivity index (χ0v) is 17.3. The van der Waals surface area contributed by atoms with E-state index in [2.05, 4.69) is 85.7 Å². The Morgan fingerprint density at radius 2 is 1.50 bits per heavy atom. The first-order valence-corrected chi connectivity index (χ1v) is 9.36. The van der Waals surface area contributed by atoms with Crippen LogP contribution in [-0.4, -0.2) is 5.97 Å². The highest BCUT2D eigenvalue weighted by molar-refractivity contribution is 5.96. The van der Waals surface area contributed by atoms with Gasteiger partial charge in [0, 0.05) is 5.56 Å². The van der Waals surface area contributed by atoms with Crippen molar-refractivity contribution in [3.63, 3.8) is 0 Å². The van der Waals surface area contributed by atoms with Gasteiger partial charge in [0.05, 0.1) is 5.56 Å². The highest BCUT2D eigenvalue weighted by Gasteiger charge is 2.38. The molecule has 1 aliphatic heterocycles. The van der Waals surface area contributed by atoms with E-state index in [0.29, 0.717) is 0 Å². The predicted octanol–water partition coefficient (Wildman–Crippen LogP) is 6.16. The van der Waals surface area contributed by atoms with Gasteiger partial charge in [-0.15, -0.1) is 0 Å². The van der Waals surface area contributed by atoms with Crippen molar-refractivity contribution in [1.82, 2.24) is 0 Å². The lowest BCUT2D eigenvalue weighted by Gasteiger charge is -2.27. The van der Waals surface area contributed by atoms with Gasteiger partial charge in [0.2, 0.25) is 0 Å². The quantitative estimate of drug-likeness (QED) is 0.576. The number of aryl methyl sites for hydroxylation is 2. The van der Waals surface area contributed by atoms with Crippen LogP contribution in [-0.2, 0) is 15.6 Å². The third-order valence-electron chi connectivity index (χ3n) is 5.39. The first kappa shape index (κ1) is 18.7. The summed E-state index contributed by atoms with van der Waals surface area (Å²) in [5.41, 5.74) is 7.49. The van der Waals surface area contributed by atoms with Gasteiger partial charge in [-0.05, 0) is 52.5 Å². The minimum atomic E-state index is -0.319. The van der Waals surface area contributed by atoms with E-state index in [1.807, 2.05) is 0 Å². The summed E-state index contributed by atoms with van der Waals surface area (Å²) in [6.07, 6.45) is -0.319. The molecule has 2 aromatic carbocycles. The molecule has 0 aromatic heterocycles. The number of carbonyl (C=O) groups is 1. The van der Waals surface area contributed by atoms with Gasteiger partial charge < -0.3 is 4.74 Å². The van der Waals surface area contributed by atoms with E-state index < -0.39 is 0 Å². The van der Waals surface area contributed by atoms with Gasteiger partial charge in [-0.25, -0.2) is 4.79 Å². The van der Waals surface area contributed by atoms with Gasteiger partial charge in [0.15, 0.2) is 6.10 Å². The van der Waals surface area contributed by atoms with Crippen molar-refractivity contribution in [3.05, 3.63) is 69.3 Å². The van der Waals surface area contributed by atoms with Crippen molar-refractivity contribution in [3.8, 4) is 0 Å². The van der Waals surface area contributed by atoms with E-state index in [9.17, 15) is 4.79 Å². The Morgan fingerprint density at radius 1 is 0.846 bits per heavy atom. The Balaban J connectivity index is 2.26. The predicted molar refractivity (Wildman–Crippen MR) is 107 cm³/mol. The lowest BCUT2D eigenvalue weighted by molar-refractivity contribution is 0.0454. The second kappa shape index (κ2) is 5.97. The molecule has 26 heavy (non-hydrogen) atoms. The lowest BCUT2D eigenvalue weighted by atomic mass is 9.76. The van der Waals surface area contributed by atoms with Gasteiger partial charge >= 0.3 is 5.97 Å². The summed E-state index contributed by atoms with van der Waals surface area (Å²) in [6, 6.07) is 10.7. The fraction of sp³-hybridized carbons (Fsp3) is 0.458. The van der Waals surface area contributed by atoms with Crippen LogP contribution in [0.3, 0.4) is 0 Å². The first-order valence-electron chi connectivity index (χ1n) is 9.36. The molecule has 2 heteroatoms. The fourth-order valence-corrected chi connectivity index (χ4v) is 3.53.